The zero-order valence-electron chi connectivity index (χ0n) is 10.4. The van der Waals surface area contributed by atoms with Crippen LogP contribution in [0.5, 0.6) is 0 Å². The molecule has 3 heteroatoms. The van der Waals surface area contributed by atoms with E-state index < -0.39 is 0 Å². The van der Waals surface area contributed by atoms with Crippen molar-refractivity contribution in [3.05, 3.63) is 71.8 Å². The summed E-state index contributed by atoms with van der Waals surface area (Å²) in [5, 5.41) is 4.22. The van der Waals surface area contributed by atoms with Crippen LogP contribution in [-0.4, -0.2) is 11.8 Å². The van der Waals surface area contributed by atoms with Crippen molar-refractivity contribution in [1.29, 1.82) is 0 Å². The van der Waals surface area contributed by atoms with Crippen molar-refractivity contribution in [2.24, 2.45) is 5.16 Å². The predicted octanol–water partition coefficient (Wildman–Crippen LogP) is 4.32. The molecule has 96 valence electrons. The molecule has 0 spiro atoms. The van der Waals surface area contributed by atoms with Crippen molar-refractivity contribution < 1.29 is 4.84 Å². The highest BCUT2D eigenvalue weighted by molar-refractivity contribution is 9.09. The molecule has 0 saturated carbocycles. The van der Waals surface area contributed by atoms with E-state index in [0.717, 1.165) is 17.7 Å². The molecule has 0 amide bonds. The molecular formula is C16H14BrNO. The minimum absolute atomic E-state index is 0.0533. The Morgan fingerprint density at radius 2 is 1.63 bits per heavy atom. The smallest absolute Gasteiger partial charge is 0.149 e. The Kier molecular flexibility index (Phi) is 3.65. The van der Waals surface area contributed by atoms with E-state index in [4.69, 9.17) is 4.84 Å². The lowest BCUT2D eigenvalue weighted by atomic mass is 10.0. The van der Waals surface area contributed by atoms with Crippen molar-refractivity contribution in [2.45, 2.75) is 17.4 Å². The monoisotopic (exact) mass is 315 g/mol. The largest absolute Gasteiger partial charge is 0.390 e. The average Bonchev–Trinajstić information content (AvgIpc) is 2.98. The fourth-order valence-corrected chi connectivity index (χ4v) is 2.79. The number of oxime groups is 1. The van der Waals surface area contributed by atoms with E-state index in [0.29, 0.717) is 0 Å². The minimum Gasteiger partial charge on any atom is -0.390 e. The Bertz CT molecular complexity index is 568. The number of rotatable bonds is 3. The zero-order valence-corrected chi connectivity index (χ0v) is 12.0. The highest BCUT2D eigenvalue weighted by atomic mass is 79.9. The van der Waals surface area contributed by atoms with E-state index >= 15 is 0 Å². The summed E-state index contributed by atoms with van der Waals surface area (Å²) >= 11 is 3.71. The van der Waals surface area contributed by atoms with Crippen molar-refractivity contribution in [2.75, 3.05) is 0 Å². The van der Waals surface area contributed by atoms with Gasteiger partial charge >= 0.3 is 0 Å². The molecule has 0 saturated heterocycles. The van der Waals surface area contributed by atoms with Crippen molar-refractivity contribution in [3.8, 4) is 0 Å². The molecule has 1 aliphatic heterocycles. The van der Waals surface area contributed by atoms with Crippen LogP contribution >= 0.6 is 15.9 Å². The van der Waals surface area contributed by atoms with Crippen LogP contribution in [0.25, 0.3) is 0 Å². The van der Waals surface area contributed by atoms with Gasteiger partial charge in [0.05, 0.1) is 10.5 Å². The summed E-state index contributed by atoms with van der Waals surface area (Å²) in [4.78, 5) is 5.74. The van der Waals surface area contributed by atoms with Gasteiger partial charge in [-0.1, -0.05) is 81.7 Å². The molecule has 0 fully saturated rings. The Morgan fingerprint density at radius 1 is 1.00 bits per heavy atom. The minimum atomic E-state index is 0.0533. The van der Waals surface area contributed by atoms with Crippen molar-refractivity contribution in [3.63, 3.8) is 0 Å². The number of benzene rings is 2. The molecule has 0 aliphatic carbocycles. The molecule has 1 aliphatic rings. The molecule has 3 rings (SSSR count). The molecule has 2 nitrogen and oxygen atoms in total. The van der Waals surface area contributed by atoms with E-state index in [-0.39, 0.29) is 10.9 Å². The summed E-state index contributed by atoms with van der Waals surface area (Å²) in [6.07, 6.45) is 0.882. The van der Waals surface area contributed by atoms with Crippen LogP contribution in [-0.2, 0) is 4.84 Å². The third-order valence-corrected chi connectivity index (χ3v) is 4.36. The number of hydrogen-bond donors (Lipinski definition) is 0. The van der Waals surface area contributed by atoms with Crippen molar-refractivity contribution in [1.82, 2.24) is 0 Å². The normalized spacial score (nSPS) is 19.6. The highest BCUT2D eigenvalue weighted by Crippen LogP contribution is 2.33. The Morgan fingerprint density at radius 3 is 2.32 bits per heavy atom. The summed E-state index contributed by atoms with van der Waals surface area (Å²) < 4.78 is 0. The fraction of sp³-hybridized carbons (Fsp3) is 0.188. The maximum atomic E-state index is 5.58. The molecule has 2 atom stereocenters. The standard InChI is InChI=1S/C16H14BrNO/c17-16(13-9-5-2-6-10-13)15-11-14(18-19-15)12-7-3-1-4-8-12/h1-10,15-16H,11H2/t15-,16+/m1/s1. The second kappa shape index (κ2) is 5.57. The van der Waals surface area contributed by atoms with Gasteiger partial charge in [0, 0.05) is 6.42 Å². The molecule has 2 aromatic carbocycles. The lowest BCUT2D eigenvalue weighted by Crippen LogP contribution is -2.14. The van der Waals surface area contributed by atoms with Crippen LogP contribution < -0.4 is 0 Å². The number of alkyl halides is 1. The van der Waals surface area contributed by atoms with Crippen LogP contribution in [0.15, 0.2) is 65.8 Å². The van der Waals surface area contributed by atoms with Gasteiger partial charge in [-0.3, -0.25) is 0 Å². The van der Waals surface area contributed by atoms with Gasteiger partial charge in [0.25, 0.3) is 0 Å². The summed E-state index contributed by atoms with van der Waals surface area (Å²) in [6.45, 7) is 0. The molecule has 0 N–H and O–H groups in total. The summed E-state index contributed by atoms with van der Waals surface area (Å²) in [5.74, 6) is 0. The first kappa shape index (κ1) is 12.4. The van der Waals surface area contributed by atoms with E-state index in [1.54, 1.807) is 0 Å². The van der Waals surface area contributed by atoms with E-state index in [1.807, 2.05) is 36.4 Å². The lowest BCUT2D eigenvalue weighted by molar-refractivity contribution is 0.0850. The summed E-state index contributed by atoms with van der Waals surface area (Å²) in [6, 6.07) is 20.5. The van der Waals surface area contributed by atoms with Gasteiger partial charge in [0.15, 0.2) is 0 Å². The molecule has 1 heterocycles. The van der Waals surface area contributed by atoms with E-state index in [2.05, 4.69) is 45.4 Å². The first-order valence-electron chi connectivity index (χ1n) is 6.32. The molecule has 0 radical (unpaired) electrons. The van der Waals surface area contributed by atoms with Crippen LogP contribution in [0, 0.1) is 0 Å². The number of halogens is 1. The lowest BCUT2D eigenvalue weighted by Gasteiger charge is -2.15. The maximum Gasteiger partial charge on any atom is 0.149 e. The third kappa shape index (κ3) is 2.71. The maximum absolute atomic E-state index is 5.58. The van der Waals surface area contributed by atoms with E-state index in [9.17, 15) is 0 Å². The van der Waals surface area contributed by atoms with Gasteiger partial charge < -0.3 is 4.84 Å². The first-order valence-corrected chi connectivity index (χ1v) is 7.23. The van der Waals surface area contributed by atoms with Crippen LogP contribution in [0.4, 0.5) is 0 Å². The zero-order chi connectivity index (χ0) is 13.1. The third-order valence-electron chi connectivity index (χ3n) is 3.24. The predicted molar refractivity (Wildman–Crippen MR) is 80.6 cm³/mol. The quantitative estimate of drug-likeness (QED) is 0.773. The first-order chi connectivity index (χ1) is 9.34. The van der Waals surface area contributed by atoms with Gasteiger partial charge in [0.1, 0.15) is 6.10 Å². The second-order valence-corrected chi connectivity index (χ2v) is 5.55. The van der Waals surface area contributed by atoms with Gasteiger partial charge in [0.2, 0.25) is 0 Å². The topological polar surface area (TPSA) is 21.6 Å². The van der Waals surface area contributed by atoms with Gasteiger partial charge in [-0.05, 0) is 11.1 Å². The Hall–Kier alpha value is -1.61. The Labute approximate surface area is 121 Å². The van der Waals surface area contributed by atoms with Gasteiger partial charge in [-0.25, -0.2) is 0 Å². The molecule has 2 aromatic rings. The van der Waals surface area contributed by atoms with Crippen LogP contribution in [0.3, 0.4) is 0 Å². The molecule has 0 aromatic heterocycles. The fourth-order valence-electron chi connectivity index (χ4n) is 2.21. The molecule has 0 bridgehead atoms. The van der Waals surface area contributed by atoms with E-state index in [1.165, 1.54) is 5.56 Å². The second-order valence-electron chi connectivity index (χ2n) is 4.56. The van der Waals surface area contributed by atoms with Gasteiger partial charge in [-0.2, -0.15) is 0 Å². The molecule has 19 heavy (non-hydrogen) atoms. The summed E-state index contributed by atoms with van der Waals surface area (Å²) in [7, 11) is 0. The van der Waals surface area contributed by atoms with Crippen molar-refractivity contribution >= 4 is 21.6 Å². The van der Waals surface area contributed by atoms with Crippen LogP contribution in [0.2, 0.25) is 0 Å². The number of nitrogens with zero attached hydrogens (tertiary/aromatic N) is 1. The number of hydrogen-bond acceptors (Lipinski definition) is 2. The average molecular weight is 316 g/mol. The molecular weight excluding hydrogens is 302 g/mol. The summed E-state index contributed by atoms with van der Waals surface area (Å²) in [5.41, 5.74) is 3.38. The Balaban J connectivity index is 1.72. The molecule has 0 unspecified atom stereocenters. The highest BCUT2D eigenvalue weighted by Gasteiger charge is 2.29. The van der Waals surface area contributed by atoms with Crippen LogP contribution in [0.1, 0.15) is 22.4 Å². The SMILES string of the molecule is Br[C@@H](c1ccccc1)[C@H]1CC(c2ccccc2)=NO1. The van der Waals surface area contributed by atoms with Gasteiger partial charge in [-0.15, -0.1) is 0 Å².